The van der Waals surface area contributed by atoms with Gasteiger partial charge in [-0.1, -0.05) is 23.4 Å². The largest absolute Gasteiger partial charge is 0.392 e. The molecular formula is C15H17N3O3. The number of anilines is 1. The molecule has 1 atom stereocenters. The first-order valence-corrected chi connectivity index (χ1v) is 6.64. The van der Waals surface area contributed by atoms with E-state index in [2.05, 4.69) is 10.5 Å². The fraction of sp³-hybridized carbons (Fsp3) is 0.267. The summed E-state index contributed by atoms with van der Waals surface area (Å²) in [4.78, 5) is 29.7. The van der Waals surface area contributed by atoms with Gasteiger partial charge in [0, 0.05) is 0 Å². The number of hydrogen-bond donors (Lipinski definition) is 1. The molecule has 1 aromatic carbocycles. The predicted octanol–water partition coefficient (Wildman–Crippen LogP) is 2.06. The van der Waals surface area contributed by atoms with Crippen LogP contribution >= 0.6 is 0 Å². The van der Waals surface area contributed by atoms with Gasteiger partial charge in [-0.05, 0) is 37.6 Å². The van der Waals surface area contributed by atoms with Crippen molar-refractivity contribution in [3.8, 4) is 0 Å². The molecule has 0 aliphatic carbocycles. The van der Waals surface area contributed by atoms with Crippen molar-refractivity contribution in [3.05, 3.63) is 42.0 Å². The molecule has 1 unspecified atom stereocenters. The summed E-state index contributed by atoms with van der Waals surface area (Å²) >= 11 is 0. The van der Waals surface area contributed by atoms with Crippen LogP contribution in [-0.4, -0.2) is 30.8 Å². The maximum absolute atomic E-state index is 11.9. The minimum Gasteiger partial charge on any atom is -0.392 e. The second-order valence-corrected chi connectivity index (χ2v) is 4.54. The van der Waals surface area contributed by atoms with E-state index >= 15 is 0 Å². The van der Waals surface area contributed by atoms with E-state index in [0.29, 0.717) is 12.3 Å². The van der Waals surface area contributed by atoms with E-state index in [1.54, 1.807) is 37.4 Å². The Morgan fingerprint density at radius 2 is 2.05 bits per heavy atom. The van der Waals surface area contributed by atoms with Gasteiger partial charge in [0.25, 0.3) is 5.91 Å². The minimum atomic E-state index is -0.487. The van der Waals surface area contributed by atoms with E-state index in [0.717, 1.165) is 10.5 Å². The molecule has 0 saturated carbocycles. The lowest BCUT2D eigenvalue weighted by Gasteiger charge is -2.12. The average molecular weight is 287 g/mol. The normalized spacial score (nSPS) is 18.8. The summed E-state index contributed by atoms with van der Waals surface area (Å²) in [6.45, 7) is 3.98. The number of imide groups is 1. The summed E-state index contributed by atoms with van der Waals surface area (Å²) in [6.07, 6.45) is 5.30. The number of allylic oxidation sites excluding steroid dienone is 1. The molecule has 1 fully saturated rings. The zero-order valence-electron chi connectivity index (χ0n) is 11.9. The van der Waals surface area contributed by atoms with Gasteiger partial charge in [-0.2, -0.15) is 0 Å². The smallest absolute Gasteiger partial charge is 0.329 e. The highest BCUT2D eigenvalue weighted by Gasteiger charge is 2.35. The third-order valence-electron chi connectivity index (χ3n) is 2.97. The fourth-order valence-corrected chi connectivity index (χ4v) is 1.84. The van der Waals surface area contributed by atoms with Crippen LogP contribution in [0.4, 0.5) is 10.5 Å². The number of nitrogens with one attached hydrogen (secondary N) is 1. The van der Waals surface area contributed by atoms with Crippen LogP contribution in [0.15, 0.2) is 41.6 Å². The standard InChI is InChI=1S/C15H17N3O3/c1-3-4-9-21-16-10-12-5-7-13(8-6-12)18-14(19)11(2)17-15(18)20/h3-8,10-11H,9H2,1-2H3,(H,17,20). The number of rotatable bonds is 5. The van der Waals surface area contributed by atoms with Crippen LogP contribution in [-0.2, 0) is 9.63 Å². The summed E-state index contributed by atoms with van der Waals surface area (Å²) in [5.41, 5.74) is 1.35. The van der Waals surface area contributed by atoms with Crippen LogP contribution < -0.4 is 10.2 Å². The Hall–Kier alpha value is -2.63. The second kappa shape index (κ2) is 6.69. The summed E-state index contributed by atoms with van der Waals surface area (Å²) in [7, 11) is 0. The van der Waals surface area contributed by atoms with Gasteiger partial charge >= 0.3 is 6.03 Å². The molecule has 1 N–H and O–H groups in total. The number of nitrogens with zero attached hydrogens (tertiary/aromatic N) is 2. The molecule has 1 aliphatic rings. The van der Waals surface area contributed by atoms with Gasteiger partial charge in [0.15, 0.2) is 0 Å². The van der Waals surface area contributed by atoms with Gasteiger partial charge in [0.1, 0.15) is 12.6 Å². The maximum atomic E-state index is 11.9. The highest BCUT2D eigenvalue weighted by Crippen LogP contribution is 2.19. The van der Waals surface area contributed by atoms with Gasteiger partial charge in [-0.3, -0.25) is 4.79 Å². The summed E-state index contributed by atoms with van der Waals surface area (Å²) < 4.78 is 0. The van der Waals surface area contributed by atoms with Crippen molar-refractivity contribution in [3.63, 3.8) is 0 Å². The van der Waals surface area contributed by atoms with Crippen molar-refractivity contribution in [2.45, 2.75) is 19.9 Å². The third-order valence-corrected chi connectivity index (χ3v) is 2.97. The van der Waals surface area contributed by atoms with Crippen molar-refractivity contribution >= 4 is 23.8 Å². The predicted molar refractivity (Wildman–Crippen MR) is 80.3 cm³/mol. The van der Waals surface area contributed by atoms with Gasteiger partial charge in [0.2, 0.25) is 0 Å². The van der Waals surface area contributed by atoms with Crippen LogP contribution in [0.2, 0.25) is 0 Å². The van der Waals surface area contributed by atoms with Crippen molar-refractivity contribution < 1.29 is 14.4 Å². The number of amides is 3. The second-order valence-electron chi connectivity index (χ2n) is 4.54. The van der Waals surface area contributed by atoms with Crippen LogP contribution in [0.1, 0.15) is 19.4 Å². The van der Waals surface area contributed by atoms with Gasteiger partial charge in [-0.15, -0.1) is 0 Å². The van der Waals surface area contributed by atoms with Crippen LogP contribution in [0.25, 0.3) is 0 Å². The molecule has 0 spiro atoms. The van der Waals surface area contributed by atoms with E-state index in [1.807, 2.05) is 19.1 Å². The highest BCUT2D eigenvalue weighted by molar-refractivity contribution is 6.21. The summed E-state index contributed by atoms with van der Waals surface area (Å²) in [5, 5.41) is 6.38. The maximum Gasteiger partial charge on any atom is 0.329 e. The molecule has 1 heterocycles. The average Bonchev–Trinajstić information content (AvgIpc) is 2.73. The summed E-state index contributed by atoms with van der Waals surface area (Å²) in [6, 6.07) is 6.04. The van der Waals surface area contributed by atoms with Crippen LogP contribution in [0.5, 0.6) is 0 Å². The van der Waals surface area contributed by atoms with Crippen molar-refractivity contribution in [1.82, 2.24) is 5.32 Å². The fourth-order valence-electron chi connectivity index (χ4n) is 1.84. The summed E-state index contributed by atoms with van der Waals surface area (Å²) in [5.74, 6) is -0.254. The quantitative estimate of drug-likeness (QED) is 0.296. The van der Waals surface area contributed by atoms with E-state index in [9.17, 15) is 9.59 Å². The lowest BCUT2D eigenvalue weighted by Crippen LogP contribution is -2.30. The highest BCUT2D eigenvalue weighted by atomic mass is 16.6. The Bertz CT molecular complexity index is 578. The molecular weight excluding hydrogens is 270 g/mol. The topological polar surface area (TPSA) is 71.0 Å². The van der Waals surface area contributed by atoms with Crippen molar-refractivity contribution in [2.75, 3.05) is 11.5 Å². The molecule has 21 heavy (non-hydrogen) atoms. The molecule has 1 aliphatic heterocycles. The lowest BCUT2D eigenvalue weighted by atomic mass is 10.2. The molecule has 6 heteroatoms. The zero-order valence-corrected chi connectivity index (χ0v) is 11.9. The number of hydrogen-bond acceptors (Lipinski definition) is 4. The minimum absolute atomic E-state index is 0.254. The first-order valence-electron chi connectivity index (χ1n) is 6.64. The Morgan fingerprint density at radius 3 is 2.62 bits per heavy atom. The molecule has 3 amide bonds. The lowest BCUT2D eigenvalue weighted by molar-refractivity contribution is -0.117. The number of oxime groups is 1. The van der Waals surface area contributed by atoms with Crippen molar-refractivity contribution in [1.29, 1.82) is 0 Å². The Morgan fingerprint density at radius 1 is 1.33 bits per heavy atom. The molecule has 110 valence electrons. The van der Waals surface area contributed by atoms with Crippen molar-refractivity contribution in [2.24, 2.45) is 5.16 Å². The number of urea groups is 1. The zero-order chi connectivity index (χ0) is 15.2. The van der Waals surface area contributed by atoms with E-state index in [4.69, 9.17) is 4.84 Å². The van der Waals surface area contributed by atoms with Gasteiger partial charge < -0.3 is 10.2 Å². The van der Waals surface area contributed by atoms with Crippen LogP contribution in [0.3, 0.4) is 0 Å². The third kappa shape index (κ3) is 3.47. The number of benzene rings is 1. The van der Waals surface area contributed by atoms with Gasteiger partial charge in [-0.25, -0.2) is 9.69 Å². The van der Waals surface area contributed by atoms with E-state index in [-0.39, 0.29) is 5.91 Å². The molecule has 1 saturated heterocycles. The number of carbonyl (C=O) groups is 2. The molecule has 0 radical (unpaired) electrons. The molecule has 0 aromatic heterocycles. The molecule has 1 aromatic rings. The molecule has 2 rings (SSSR count). The van der Waals surface area contributed by atoms with Gasteiger partial charge in [0.05, 0.1) is 11.9 Å². The Kier molecular flexibility index (Phi) is 4.71. The van der Waals surface area contributed by atoms with Crippen LogP contribution in [0, 0.1) is 0 Å². The molecule has 0 bridgehead atoms. The Labute approximate surface area is 123 Å². The number of carbonyl (C=O) groups excluding carboxylic acids is 2. The van der Waals surface area contributed by atoms with E-state index < -0.39 is 12.1 Å². The SMILES string of the molecule is CC=CCON=Cc1ccc(N2C(=O)NC(C)C2=O)cc1. The first-order chi connectivity index (χ1) is 10.1. The van der Waals surface area contributed by atoms with E-state index in [1.165, 1.54) is 0 Å². The first kappa shape index (κ1) is 14.8. The Balaban J connectivity index is 2.02. The molecule has 6 nitrogen and oxygen atoms in total. The monoisotopic (exact) mass is 287 g/mol.